The minimum Gasteiger partial charge on any atom is -0.366 e. The highest BCUT2D eigenvalue weighted by Gasteiger charge is 2.07. The van der Waals surface area contributed by atoms with E-state index in [0.29, 0.717) is 12.2 Å². The van der Waals surface area contributed by atoms with E-state index in [1.165, 1.54) is 6.26 Å². The molecule has 1 aromatic rings. The lowest BCUT2D eigenvalue weighted by molar-refractivity contribution is 0.595. The average molecular weight is 229 g/mol. The van der Waals surface area contributed by atoms with Crippen LogP contribution >= 0.6 is 0 Å². The first-order valence-electron chi connectivity index (χ1n) is 4.67. The van der Waals surface area contributed by atoms with Crippen molar-refractivity contribution in [2.75, 3.05) is 17.3 Å². The molecule has 1 atom stereocenters. The minimum atomic E-state index is -2.89. The van der Waals surface area contributed by atoms with Gasteiger partial charge in [0.2, 0.25) is 0 Å². The lowest BCUT2D eigenvalue weighted by atomic mass is 10.2. The van der Waals surface area contributed by atoms with Crippen LogP contribution < -0.4 is 5.32 Å². The van der Waals surface area contributed by atoms with Crippen molar-refractivity contribution in [3.05, 3.63) is 18.6 Å². The van der Waals surface area contributed by atoms with E-state index >= 15 is 0 Å². The number of nitrogens with one attached hydrogen (secondary N) is 1. The molecule has 0 aromatic carbocycles. The number of hydrogen-bond donors (Lipinski definition) is 1. The van der Waals surface area contributed by atoms with Gasteiger partial charge in [-0.25, -0.2) is 13.4 Å². The van der Waals surface area contributed by atoms with Gasteiger partial charge in [0, 0.05) is 24.7 Å². The van der Waals surface area contributed by atoms with Crippen LogP contribution in [0.25, 0.3) is 0 Å². The largest absolute Gasteiger partial charge is 0.366 e. The van der Waals surface area contributed by atoms with E-state index in [9.17, 15) is 8.42 Å². The van der Waals surface area contributed by atoms with E-state index in [-0.39, 0.29) is 11.8 Å². The number of hydrogen-bond acceptors (Lipinski definition) is 5. The summed E-state index contributed by atoms with van der Waals surface area (Å²) >= 11 is 0. The Kier molecular flexibility index (Phi) is 4.02. The quantitative estimate of drug-likeness (QED) is 0.805. The molecule has 1 aromatic heterocycles. The fourth-order valence-electron chi connectivity index (χ4n) is 1.09. The standard InChI is InChI=1S/C9H15N3O2S/c1-8(3-6-15(2,13)14)12-9-7-10-4-5-11-9/h4-5,7-8H,3,6H2,1-2H3,(H,11,12). The first-order chi connectivity index (χ1) is 6.97. The first-order valence-corrected chi connectivity index (χ1v) is 6.74. The lowest BCUT2D eigenvalue weighted by Crippen LogP contribution is -2.20. The lowest BCUT2D eigenvalue weighted by Gasteiger charge is -2.12. The van der Waals surface area contributed by atoms with Crippen LogP contribution in [0.1, 0.15) is 13.3 Å². The summed E-state index contributed by atoms with van der Waals surface area (Å²) in [5.74, 6) is 0.847. The summed E-state index contributed by atoms with van der Waals surface area (Å²) < 4.78 is 21.9. The SMILES string of the molecule is CC(CCS(C)(=O)=O)Nc1cnccn1. The predicted octanol–water partition coefficient (Wildman–Crippen LogP) is 0.712. The van der Waals surface area contributed by atoms with Gasteiger partial charge in [0.05, 0.1) is 11.9 Å². The van der Waals surface area contributed by atoms with Crippen LogP contribution in [0.5, 0.6) is 0 Å². The second kappa shape index (κ2) is 5.06. The van der Waals surface area contributed by atoms with Gasteiger partial charge in [-0.1, -0.05) is 0 Å². The van der Waals surface area contributed by atoms with Crippen molar-refractivity contribution in [2.45, 2.75) is 19.4 Å². The Morgan fingerprint density at radius 1 is 1.47 bits per heavy atom. The zero-order chi connectivity index (χ0) is 11.3. The summed E-state index contributed by atoms with van der Waals surface area (Å²) in [6, 6.07) is 0.0661. The summed E-state index contributed by atoms with van der Waals surface area (Å²) in [5, 5.41) is 3.08. The Morgan fingerprint density at radius 2 is 2.20 bits per heavy atom. The molecule has 0 aliphatic heterocycles. The van der Waals surface area contributed by atoms with Gasteiger partial charge in [0.1, 0.15) is 15.7 Å². The Labute approximate surface area is 89.9 Å². The monoisotopic (exact) mass is 229 g/mol. The molecular weight excluding hydrogens is 214 g/mol. The Hall–Kier alpha value is -1.17. The van der Waals surface area contributed by atoms with Gasteiger partial charge in [-0.15, -0.1) is 0 Å². The van der Waals surface area contributed by atoms with Crippen molar-refractivity contribution in [3.8, 4) is 0 Å². The third-order valence-electron chi connectivity index (χ3n) is 1.88. The molecule has 84 valence electrons. The molecule has 0 radical (unpaired) electrons. The summed E-state index contributed by atoms with van der Waals surface area (Å²) in [6.45, 7) is 1.92. The van der Waals surface area contributed by atoms with E-state index in [0.717, 1.165) is 0 Å². The molecule has 0 saturated heterocycles. The van der Waals surface area contributed by atoms with E-state index < -0.39 is 9.84 Å². The maximum Gasteiger partial charge on any atom is 0.147 e. The van der Waals surface area contributed by atoms with Gasteiger partial charge in [-0.05, 0) is 13.3 Å². The van der Waals surface area contributed by atoms with E-state index in [2.05, 4.69) is 15.3 Å². The van der Waals surface area contributed by atoms with Gasteiger partial charge in [-0.2, -0.15) is 0 Å². The molecule has 15 heavy (non-hydrogen) atoms. The van der Waals surface area contributed by atoms with Gasteiger partial charge >= 0.3 is 0 Å². The molecule has 0 fully saturated rings. The van der Waals surface area contributed by atoms with Gasteiger partial charge in [-0.3, -0.25) is 4.98 Å². The summed E-state index contributed by atoms with van der Waals surface area (Å²) in [6.07, 6.45) is 6.59. The van der Waals surface area contributed by atoms with Crippen molar-refractivity contribution >= 4 is 15.7 Å². The summed E-state index contributed by atoms with van der Waals surface area (Å²) in [4.78, 5) is 7.94. The molecule has 0 saturated carbocycles. The van der Waals surface area contributed by atoms with Crippen molar-refractivity contribution in [3.63, 3.8) is 0 Å². The van der Waals surface area contributed by atoms with Crippen LogP contribution in [-0.4, -0.2) is 36.4 Å². The van der Waals surface area contributed by atoms with Crippen LogP contribution in [0.2, 0.25) is 0 Å². The molecule has 0 spiro atoms. The Bertz CT molecular complexity index is 391. The molecular formula is C9H15N3O2S. The highest BCUT2D eigenvalue weighted by atomic mass is 32.2. The van der Waals surface area contributed by atoms with Crippen molar-refractivity contribution in [2.24, 2.45) is 0 Å². The number of anilines is 1. The molecule has 1 rings (SSSR count). The van der Waals surface area contributed by atoms with Crippen LogP contribution in [0.4, 0.5) is 5.82 Å². The van der Waals surface area contributed by atoms with E-state index in [1.54, 1.807) is 18.6 Å². The summed E-state index contributed by atoms with van der Waals surface area (Å²) in [7, 11) is -2.89. The number of sulfone groups is 1. The molecule has 1 heterocycles. The number of rotatable bonds is 5. The molecule has 1 unspecified atom stereocenters. The minimum absolute atomic E-state index is 0.0661. The molecule has 0 aliphatic carbocycles. The fraction of sp³-hybridized carbons (Fsp3) is 0.556. The first kappa shape index (κ1) is 11.9. The van der Waals surface area contributed by atoms with Gasteiger partial charge in [0.25, 0.3) is 0 Å². The second-order valence-corrected chi connectivity index (χ2v) is 5.81. The zero-order valence-electron chi connectivity index (χ0n) is 8.84. The average Bonchev–Trinajstić information content (AvgIpc) is 2.15. The molecule has 5 nitrogen and oxygen atoms in total. The van der Waals surface area contributed by atoms with Gasteiger partial charge in [0.15, 0.2) is 0 Å². The highest BCUT2D eigenvalue weighted by molar-refractivity contribution is 7.90. The second-order valence-electron chi connectivity index (χ2n) is 3.55. The Morgan fingerprint density at radius 3 is 2.73 bits per heavy atom. The third kappa shape index (κ3) is 5.31. The molecule has 0 aliphatic rings. The smallest absolute Gasteiger partial charge is 0.147 e. The number of aromatic nitrogens is 2. The van der Waals surface area contributed by atoms with E-state index in [4.69, 9.17) is 0 Å². The maximum absolute atomic E-state index is 10.9. The van der Waals surface area contributed by atoms with Crippen molar-refractivity contribution < 1.29 is 8.42 Å². The highest BCUT2D eigenvalue weighted by Crippen LogP contribution is 2.04. The molecule has 0 bridgehead atoms. The molecule has 0 amide bonds. The van der Waals surface area contributed by atoms with Crippen LogP contribution in [0.3, 0.4) is 0 Å². The van der Waals surface area contributed by atoms with Crippen LogP contribution in [-0.2, 0) is 9.84 Å². The van der Waals surface area contributed by atoms with E-state index in [1.807, 2.05) is 6.92 Å². The van der Waals surface area contributed by atoms with Crippen LogP contribution in [0.15, 0.2) is 18.6 Å². The normalized spacial score (nSPS) is 13.5. The van der Waals surface area contributed by atoms with Crippen LogP contribution in [0, 0.1) is 0 Å². The fourth-order valence-corrected chi connectivity index (χ4v) is 1.87. The number of nitrogens with zero attached hydrogens (tertiary/aromatic N) is 2. The topological polar surface area (TPSA) is 72.0 Å². The summed E-state index contributed by atoms with van der Waals surface area (Å²) in [5.41, 5.74) is 0. The predicted molar refractivity (Wildman–Crippen MR) is 59.4 cm³/mol. The Balaban J connectivity index is 2.40. The third-order valence-corrected chi connectivity index (χ3v) is 2.86. The van der Waals surface area contributed by atoms with Crippen molar-refractivity contribution in [1.82, 2.24) is 9.97 Å². The molecule has 1 N–H and O–H groups in total. The van der Waals surface area contributed by atoms with Gasteiger partial charge < -0.3 is 5.32 Å². The maximum atomic E-state index is 10.9. The van der Waals surface area contributed by atoms with Crippen molar-refractivity contribution in [1.29, 1.82) is 0 Å². The zero-order valence-corrected chi connectivity index (χ0v) is 9.66. The molecule has 6 heteroatoms.